The molecule has 0 spiro atoms. The van der Waals surface area contributed by atoms with E-state index in [0.29, 0.717) is 38.0 Å². The van der Waals surface area contributed by atoms with Crippen LogP contribution in [0.3, 0.4) is 0 Å². The first kappa shape index (κ1) is 20.7. The zero-order chi connectivity index (χ0) is 21.8. The number of nitrogens with zero attached hydrogens (tertiary/aromatic N) is 5. The molecular weight excluding hydrogens is 402 g/mol. The zero-order valence-electron chi connectivity index (χ0n) is 17.0. The minimum absolute atomic E-state index is 0.0695. The van der Waals surface area contributed by atoms with Crippen LogP contribution < -0.4 is 5.76 Å². The molecule has 1 saturated heterocycles. The number of carbonyl (C=O) groups excluding carboxylic acids is 1. The molecule has 0 radical (unpaired) electrons. The van der Waals surface area contributed by atoms with Crippen molar-refractivity contribution >= 4 is 22.7 Å². The monoisotopic (exact) mass is 425 g/mol. The Balaban J connectivity index is 1.27. The molecule has 0 atom stereocenters. The van der Waals surface area contributed by atoms with E-state index in [-0.39, 0.29) is 17.2 Å². The molecular formula is C21H23N5O5. The molecule has 10 nitrogen and oxygen atoms in total. The number of pyridine rings is 1. The summed E-state index contributed by atoms with van der Waals surface area (Å²) in [4.78, 5) is 43.2. The number of fused-ring (bicyclic) bond motifs is 1. The first-order valence-electron chi connectivity index (χ1n) is 10.2. The third-order valence-corrected chi connectivity index (χ3v) is 5.52. The number of nitro benzene ring substituents is 1. The van der Waals surface area contributed by atoms with Gasteiger partial charge in [0.2, 0.25) is 5.91 Å². The summed E-state index contributed by atoms with van der Waals surface area (Å²) in [7, 11) is 0. The summed E-state index contributed by atoms with van der Waals surface area (Å²) in [6.07, 6.45) is 4.38. The van der Waals surface area contributed by atoms with Gasteiger partial charge in [-0.1, -0.05) is 0 Å². The van der Waals surface area contributed by atoms with Gasteiger partial charge >= 0.3 is 5.76 Å². The summed E-state index contributed by atoms with van der Waals surface area (Å²) in [5.41, 5.74) is 1.74. The van der Waals surface area contributed by atoms with Crippen molar-refractivity contribution in [2.24, 2.45) is 0 Å². The predicted octanol–water partition coefficient (Wildman–Crippen LogP) is 2.02. The molecule has 1 amide bonds. The van der Waals surface area contributed by atoms with Gasteiger partial charge in [0.1, 0.15) is 0 Å². The van der Waals surface area contributed by atoms with Crippen LogP contribution in [0.1, 0.15) is 18.4 Å². The van der Waals surface area contributed by atoms with E-state index in [4.69, 9.17) is 4.42 Å². The smallest absolute Gasteiger partial charge is 0.407 e. The average molecular weight is 425 g/mol. The number of aryl methyl sites for hydroxylation is 1. The number of nitro groups is 1. The van der Waals surface area contributed by atoms with Crippen molar-refractivity contribution in [1.82, 2.24) is 19.4 Å². The summed E-state index contributed by atoms with van der Waals surface area (Å²) in [5.74, 6) is -0.507. The lowest BCUT2D eigenvalue weighted by molar-refractivity contribution is -0.384. The van der Waals surface area contributed by atoms with Gasteiger partial charge in [-0.05, 0) is 30.2 Å². The van der Waals surface area contributed by atoms with E-state index in [1.807, 2.05) is 17.0 Å². The highest BCUT2D eigenvalue weighted by Gasteiger charge is 2.21. The van der Waals surface area contributed by atoms with Crippen LogP contribution in [-0.4, -0.2) is 56.4 Å². The maximum atomic E-state index is 12.6. The van der Waals surface area contributed by atoms with Crippen LogP contribution in [0.25, 0.3) is 11.1 Å². The Kier molecular flexibility index (Phi) is 6.08. The minimum Gasteiger partial charge on any atom is -0.407 e. The van der Waals surface area contributed by atoms with Crippen LogP contribution in [0.5, 0.6) is 0 Å². The van der Waals surface area contributed by atoms with Gasteiger partial charge in [0.05, 0.1) is 16.5 Å². The van der Waals surface area contributed by atoms with Crippen LogP contribution >= 0.6 is 0 Å². The molecule has 31 heavy (non-hydrogen) atoms. The topological polar surface area (TPSA) is 115 Å². The van der Waals surface area contributed by atoms with E-state index in [1.54, 1.807) is 12.4 Å². The molecule has 1 aromatic carbocycles. The molecule has 3 aromatic rings. The van der Waals surface area contributed by atoms with Crippen molar-refractivity contribution in [3.05, 3.63) is 69.0 Å². The summed E-state index contributed by atoms with van der Waals surface area (Å²) >= 11 is 0. The number of piperazine rings is 1. The lowest BCUT2D eigenvalue weighted by atomic mass is 10.2. The van der Waals surface area contributed by atoms with Crippen molar-refractivity contribution in [3.8, 4) is 0 Å². The molecule has 162 valence electrons. The van der Waals surface area contributed by atoms with E-state index in [0.717, 1.165) is 19.6 Å². The van der Waals surface area contributed by atoms with Crippen molar-refractivity contribution in [2.45, 2.75) is 25.9 Å². The van der Waals surface area contributed by atoms with E-state index < -0.39 is 10.7 Å². The second kappa shape index (κ2) is 9.09. The fraction of sp³-hybridized carbons (Fsp3) is 0.381. The second-order valence-corrected chi connectivity index (χ2v) is 7.54. The van der Waals surface area contributed by atoms with Crippen LogP contribution in [0.4, 0.5) is 5.69 Å². The molecule has 0 saturated carbocycles. The van der Waals surface area contributed by atoms with Crippen LogP contribution in [-0.2, 0) is 17.9 Å². The molecule has 2 aromatic heterocycles. The van der Waals surface area contributed by atoms with Crippen molar-refractivity contribution in [3.63, 3.8) is 0 Å². The lowest BCUT2D eigenvalue weighted by Gasteiger charge is -2.34. The Morgan fingerprint density at radius 1 is 1.13 bits per heavy atom. The molecule has 10 heteroatoms. The van der Waals surface area contributed by atoms with Crippen LogP contribution in [0, 0.1) is 10.1 Å². The summed E-state index contributed by atoms with van der Waals surface area (Å²) in [6, 6.07) is 8.07. The van der Waals surface area contributed by atoms with Crippen molar-refractivity contribution in [1.29, 1.82) is 0 Å². The van der Waals surface area contributed by atoms with Crippen molar-refractivity contribution < 1.29 is 14.1 Å². The number of benzene rings is 1. The number of aromatic nitrogens is 2. The highest BCUT2D eigenvalue weighted by Crippen LogP contribution is 2.20. The van der Waals surface area contributed by atoms with E-state index in [2.05, 4.69) is 9.88 Å². The Hall–Kier alpha value is -3.53. The minimum atomic E-state index is -0.576. The highest BCUT2D eigenvalue weighted by molar-refractivity contribution is 5.77. The molecule has 1 fully saturated rings. The Bertz CT molecular complexity index is 1130. The van der Waals surface area contributed by atoms with Gasteiger partial charge in [-0.25, -0.2) is 4.79 Å². The summed E-state index contributed by atoms with van der Waals surface area (Å²) in [6.45, 7) is 4.16. The first-order valence-corrected chi connectivity index (χ1v) is 10.2. The molecule has 1 aliphatic heterocycles. The fourth-order valence-electron chi connectivity index (χ4n) is 3.83. The summed E-state index contributed by atoms with van der Waals surface area (Å²) in [5, 5.41) is 10.9. The Morgan fingerprint density at radius 2 is 1.87 bits per heavy atom. The third kappa shape index (κ3) is 4.80. The number of hydrogen-bond acceptors (Lipinski definition) is 7. The largest absolute Gasteiger partial charge is 0.419 e. The quantitative estimate of drug-likeness (QED) is 0.420. The molecule has 0 aliphatic carbocycles. The molecule has 0 bridgehead atoms. The van der Waals surface area contributed by atoms with Gasteiger partial charge in [0.15, 0.2) is 5.58 Å². The molecule has 3 heterocycles. The van der Waals surface area contributed by atoms with E-state index in [9.17, 15) is 19.7 Å². The maximum absolute atomic E-state index is 12.6. The normalized spacial score (nSPS) is 14.8. The number of non-ortho nitro benzene ring substituents is 1. The van der Waals surface area contributed by atoms with E-state index in [1.165, 1.54) is 28.3 Å². The van der Waals surface area contributed by atoms with Gasteiger partial charge in [-0.2, -0.15) is 0 Å². The lowest BCUT2D eigenvalue weighted by Crippen LogP contribution is -2.48. The highest BCUT2D eigenvalue weighted by atomic mass is 16.6. The van der Waals surface area contributed by atoms with Crippen LogP contribution in [0.15, 0.2) is 51.9 Å². The standard InChI is InChI=1S/C21H23N5O5/c27-20(24-12-10-23(11-13-24)15-16-5-7-22-8-6-16)2-1-9-25-18-4-3-17(26(29)30)14-19(18)31-21(25)28/h3-8,14H,1-2,9-13,15H2. The van der Waals surface area contributed by atoms with E-state index >= 15 is 0 Å². The van der Waals surface area contributed by atoms with Gasteiger partial charge < -0.3 is 9.32 Å². The molecule has 0 N–H and O–H groups in total. The fourth-order valence-corrected chi connectivity index (χ4v) is 3.83. The van der Waals surface area contributed by atoms with Gasteiger partial charge in [0, 0.05) is 64.1 Å². The number of hydrogen-bond donors (Lipinski definition) is 0. The van der Waals surface area contributed by atoms with Gasteiger partial charge in [-0.15, -0.1) is 0 Å². The number of carbonyl (C=O) groups is 1. The Labute approximate surface area is 177 Å². The maximum Gasteiger partial charge on any atom is 0.419 e. The predicted molar refractivity (Wildman–Crippen MR) is 112 cm³/mol. The molecule has 0 unspecified atom stereocenters. The number of oxazole rings is 1. The number of rotatable bonds is 7. The average Bonchev–Trinajstić information content (AvgIpc) is 3.09. The van der Waals surface area contributed by atoms with Crippen LogP contribution in [0.2, 0.25) is 0 Å². The summed E-state index contributed by atoms with van der Waals surface area (Å²) < 4.78 is 6.54. The van der Waals surface area contributed by atoms with Gasteiger partial charge in [-0.3, -0.25) is 29.4 Å². The number of amides is 1. The molecule has 1 aliphatic rings. The zero-order valence-corrected chi connectivity index (χ0v) is 17.0. The van der Waals surface area contributed by atoms with Crippen molar-refractivity contribution in [2.75, 3.05) is 26.2 Å². The molecule has 4 rings (SSSR count). The Morgan fingerprint density at radius 3 is 2.58 bits per heavy atom. The van der Waals surface area contributed by atoms with Gasteiger partial charge in [0.25, 0.3) is 5.69 Å². The first-order chi connectivity index (χ1) is 15.0. The second-order valence-electron chi connectivity index (χ2n) is 7.54. The SMILES string of the molecule is O=C(CCCn1c(=O)oc2cc([N+](=O)[O-])ccc21)N1CCN(Cc2ccncc2)CC1. The third-order valence-electron chi connectivity index (χ3n) is 5.52.